The van der Waals surface area contributed by atoms with Crippen molar-refractivity contribution in [3.63, 3.8) is 0 Å². The number of nitrogens with zero attached hydrogens (tertiary/aromatic N) is 3. The van der Waals surface area contributed by atoms with E-state index in [0.29, 0.717) is 32.0 Å². The largest absolute Gasteiger partial charge is 0.416 e. The number of carbonyl (C=O) groups excluding carboxylic acids is 1. The predicted molar refractivity (Wildman–Crippen MR) is 116 cm³/mol. The Hall–Kier alpha value is -3.12. The number of H-pyrrole nitrogens is 1. The van der Waals surface area contributed by atoms with Crippen LogP contribution < -0.4 is 10.2 Å². The Kier molecular flexibility index (Phi) is 6.84. The molecular weight excluding hydrogens is 462 g/mol. The Morgan fingerprint density at radius 1 is 1.18 bits per heavy atom. The van der Waals surface area contributed by atoms with Crippen LogP contribution in [0.5, 0.6) is 0 Å². The number of hydrogen-bond donors (Lipinski definition) is 2. The molecule has 4 rings (SSSR count). The molecule has 0 radical (unpaired) electrons. The first-order valence-corrected chi connectivity index (χ1v) is 10.9. The van der Waals surface area contributed by atoms with Crippen molar-refractivity contribution in [3.8, 4) is 11.4 Å². The number of nitrogens with one attached hydrogen (secondary N) is 2. The number of carbonyl (C=O) groups is 1. The number of hydrogen-bond acceptors (Lipinski definition) is 6. The van der Waals surface area contributed by atoms with Crippen LogP contribution in [0.25, 0.3) is 11.4 Å². The number of halogens is 4. The molecule has 1 fully saturated rings. The van der Waals surface area contributed by atoms with E-state index in [2.05, 4.69) is 20.5 Å². The highest BCUT2D eigenvalue weighted by atomic mass is 32.2. The lowest BCUT2D eigenvalue weighted by molar-refractivity contribution is -0.137. The van der Waals surface area contributed by atoms with Crippen LogP contribution in [0.1, 0.15) is 5.56 Å². The van der Waals surface area contributed by atoms with Crippen molar-refractivity contribution in [1.29, 1.82) is 0 Å². The molecule has 1 saturated heterocycles. The van der Waals surface area contributed by atoms with Crippen molar-refractivity contribution in [2.24, 2.45) is 0 Å². The number of aromatic nitrogens is 3. The first-order chi connectivity index (χ1) is 15.8. The van der Waals surface area contributed by atoms with Gasteiger partial charge in [-0.15, -0.1) is 5.10 Å². The van der Waals surface area contributed by atoms with Crippen molar-refractivity contribution in [2.45, 2.75) is 11.3 Å². The van der Waals surface area contributed by atoms with Crippen LogP contribution in [-0.4, -0.2) is 53.1 Å². The van der Waals surface area contributed by atoms with Gasteiger partial charge < -0.3 is 15.0 Å². The predicted octanol–water partition coefficient (Wildman–Crippen LogP) is 4.20. The minimum absolute atomic E-state index is 0.0688. The van der Waals surface area contributed by atoms with E-state index in [0.717, 1.165) is 23.9 Å². The summed E-state index contributed by atoms with van der Waals surface area (Å²) in [7, 11) is 0. The van der Waals surface area contributed by atoms with Crippen molar-refractivity contribution in [3.05, 3.63) is 53.8 Å². The number of rotatable bonds is 6. The molecule has 2 aromatic carbocycles. The molecule has 0 aliphatic carbocycles. The maximum absolute atomic E-state index is 13.9. The van der Waals surface area contributed by atoms with Gasteiger partial charge in [0.2, 0.25) is 11.1 Å². The summed E-state index contributed by atoms with van der Waals surface area (Å²) in [4.78, 5) is 18.6. The lowest BCUT2D eigenvalue weighted by Crippen LogP contribution is -2.37. The van der Waals surface area contributed by atoms with Crippen LogP contribution in [0.3, 0.4) is 0 Å². The number of anilines is 2. The third-order valence-electron chi connectivity index (χ3n) is 4.88. The number of amides is 1. The average molecular weight is 481 g/mol. The molecule has 0 spiro atoms. The molecular formula is C21H19F4N5O2S. The van der Waals surface area contributed by atoms with Gasteiger partial charge in [-0.3, -0.25) is 9.89 Å². The molecule has 0 bridgehead atoms. The second-order valence-electron chi connectivity index (χ2n) is 7.11. The Bertz CT molecular complexity index is 1130. The quantitative estimate of drug-likeness (QED) is 0.406. The SMILES string of the molecule is O=C(CSc1n[nH]c(-c2ccccc2F)n1)Nc1cc(C(F)(F)F)ccc1N1CCOCC1. The monoisotopic (exact) mass is 481 g/mol. The van der Waals surface area contributed by atoms with Crippen LogP contribution in [0.2, 0.25) is 0 Å². The lowest BCUT2D eigenvalue weighted by atomic mass is 10.1. The van der Waals surface area contributed by atoms with E-state index >= 15 is 0 Å². The molecule has 1 aliphatic rings. The van der Waals surface area contributed by atoms with Crippen molar-refractivity contribution in [2.75, 3.05) is 42.3 Å². The first kappa shape index (κ1) is 23.1. The molecule has 2 N–H and O–H groups in total. The van der Waals surface area contributed by atoms with Gasteiger partial charge in [0, 0.05) is 13.1 Å². The topological polar surface area (TPSA) is 83.1 Å². The number of aromatic amines is 1. The fraction of sp³-hybridized carbons (Fsp3) is 0.286. The summed E-state index contributed by atoms with van der Waals surface area (Å²) in [5.74, 6) is -0.925. The van der Waals surface area contributed by atoms with Gasteiger partial charge in [-0.05, 0) is 30.3 Å². The molecule has 0 unspecified atom stereocenters. The molecule has 2 heterocycles. The minimum Gasteiger partial charge on any atom is -0.378 e. The second kappa shape index (κ2) is 9.79. The van der Waals surface area contributed by atoms with Gasteiger partial charge in [0.25, 0.3) is 0 Å². The summed E-state index contributed by atoms with van der Waals surface area (Å²) in [6, 6.07) is 9.31. The smallest absolute Gasteiger partial charge is 0.378 e. The molecule has 0 atom stereocenters. The van der Waals surface area contributed by atoms with Gasteiger partial charge in [-0.1, -0.05) is 23.9 Å². The Labute approximate surface area is 190 Å². The number of alkyl halides is 3. The van der Waals surface area contributed by atoms with Crippen molar-refractivity contribution >= 4 is 29.0 Å². The van der Waals surface area contributed by atoms with Crippen LogP contribution in [0.4, 0.5) is 28.9 Å². The second-order valence-corrected chi connectivity index (χ2v) is 8.05. The van der Waals surface area contributed by atoms with Crippen LogP contribution in [0, 0.1) is 5.82 Å². The van der Waals surface area contributed by atoms with Gasteiger partial charge >= 0.3 is 6.18 Å². The highest BCUT2D eigenvalue weighted by Gasteiger charge is 2.32. The maximum atomic E-state index is 13.9. The zero-order chi connectivity index (χ0) is 23.4. The highest BCUT2D eigenvalue weighted by molar-refractivity contribution is 7.99. The highest BCUT2D eigenvalue weighted by Crippen LogP contribution is 2.36. The van der Waals surface area contributed by atoms with Crippen LogP contribution >= 0.6 is 11.8 Å². The van der Waals surface area contributed by atoms with E-state index < -0.39 is 23.5 Å². The number of morpholine rings is 1. The molecule has 0 saturated carbocycles. The van der Waals surface area contributed by atoms with Crippen molar-refractivity contribution in [1.82, 2.24) is 15.2 Å². The molecule has 1 amide bonds. The van der Waals surface area contributed by atoms with E-state index in [9.17, 15) is 22.4 Å². The van der Waals surface area contributed by atoms with Gasteiger partial charge in [-0.25, -0.2) is 9.37 Å². The standard InChI is InChI=1S/C21H19F4N5O2S/c22-15-4-2-1-3-14(15)19-27-20(29-28-19)33-12-18(31)26-16-11-13(21(23,24)25)5-6-17(16)30-7-9-32-10-8-30/h1-6,11H,7-10,12H2,(H,26,31)(H,27,28,29). The summed E-state index contributed by atoms with van der Waals surface area (Å²) < 4.78 is 58.9. The molecule has 12 heteroatoms. The third-order valence-corrected chi connectivity index (χ3v) is 5.72. The summed E-state index contributed by atoms with van der Waals surface area (Å²) in [6.07, 6.45) is -4.54. The van der Waals surface area contributed by atoms with Gasteiger partial charge in [0.05, 0.1) is 41.5 Å². The third kappa shape index (κ3) is 5.63. The first-order valence-electron chi connectivity index (χ1n) is 9.95. The van der Waals surface area contributed by atoms with Gasteiger partial charge in [0.15, 0.2) is 5.82 Å². The minimum atomic E-state index is -4.54. The Balaban J connectivity index is 1.46. The number of ether oxygens (including phenoxy) is 1. The van der Waals surface area contributed by atoms with Gasteiger partial charge in [0.1, 0.15) is 5.82 Å². The van der Waals surface area contributed by atoms with E-state index in [-0.39, 0.29) is 28.0 Å². The maximum Gasteiger partial charge on any atom is 0.416 e. The molecule has 3 aromatic rings. The molecule has 33 heavy (non-hydrogen) atoms. The number of thioether (sulfide) groups is 1. The van der Waals surface area contributed by atoms with Crippen molar-refractivity contribution < 1.29 is 27.1 Å². The Morgan fingerprint density at radius 2 is 1.94 bits per heavy atom. The van der Waals surface area contributed by atoms with E-state index in [1.54, 1.807) is 12.1 Å². The number of benzene rings is 2. The van der Waals surface area contributed by atoms with Gasteiger partial charge in [-0.2, -0.15) is 13.2 Å². The molecule has 1 aromatic heterocycles. The summed E-state index contributed by atoms with van der Waals surface area (Å²) in [5, 5.41) is 9.35. The molecule has 7 nitrogen and oxygen atoms in total. The average Bonchev–Trinajstić information content (AvgIpc) is 3.27. The lowest BCUT2D eigenvalue weighted by Gasteiger charge is -2.31. The fourth-order valence-corrected chi connectivity index (χ4v) is 3.89. The zero-order valence-electron chi connectivity index (χ0n) is 17.2. The molecule has 174 valence electrons. The van der Waals surface area contributed by atoms with E-state index in [1.807, 2.05) is 4.90 Å². The van der Waals surface area contributed by atoms with E-state index in [1.165, 1.54) is 18.2 Å². The normalized spacial score (nSPS) is 14.4. The van der Waals surface area contributed by atoms with E-state index in [4.69, 9.17) is 4.74 Å². The molecule has 1 aliphatic heterocycles. The fourth-order valence-electron chi connectivity index (χ4n) is 3.29. The summed E-state index contributed by atoms with van der Waals surface area (Å²) in [6.45, 7) is 1.89. The summed E-state index contributed by atoms with van der Waals surface area (Å²) >= 11 is 0.977. The van der Waals surface area contributed by atoms with Crippen LogP contribution in [0.15, 0.2) is 47.6 Å². The van der Waals surface area contributed by atoms with Crippen LogP contribution in [-0.2, 0) is 15.7 Å². The zero-order valence-corrected chi connectivity index (χ0v) is 18.0. The summed E-state index contributed by atoms with van der Waals surface area (Å²) in [5.41, 5.74) is -0.0601. The Morgan fingerprint density at radius 3 is 2.67 bits per heavy atom.